The zero-order valence-electron chi connectivity index (χ0n) is 15.7. The molecule has 1 fully saturated rings. The van der Waals surface area contributed by atoms with Crippen LogP contribution in [0.1, 0.15) is 5.69 Å². The number of ether oxygens (including phenoxy) is 1. The number of nitrogens with one attached hydrogen (secondary N) is 2. The van der Waals surface area contributed by atoms with Gasteiger partial charge in [0.1, 0.15) is 11.6 Å². The highest BCUT2D eigenvalue weighted by atomic mass is 19.1. The Bertz CT molecular complexity index is 942. The third-order valence-electron chi connectivity index (χ3n) is 4.47. The number of aryl methyl sites for hydroxylation is 1. The average Bonchev–Trinajstić information content (AvgIpc) is 2.70. The van der Waals surface area contributed by atoms with Gasteiger partial charge in [0, 0.05) is 30.5 Å². The van der Waals surface area contributed by atoms with E-state index in [1.807, 2.05) is 31.2 Å². The van der Waals surface area contributed by atoms with Crippen molar-refractivity contribution in [1.82, 2.24) is 9.97 Å². The van der Waals surface area contributed by atoms with Crippen molar-refractivity contribution in [2.24, 2.45) is 0 Å². The molecule has 0 atom stereocenters. The summed E-state index contributed by atoms with van der Waals surface area (Å²) >= 11 is 0. The number of para-hydroxylation sites is 2. The van der Waals surface area contributed by atoms with Crippen LogP contribution < -0.4 is 15.5 Å². The molecule has 3 aromatic rings. The molecular formula is C21H22FN5O. The molecule has 2 heterocycles. The zero-order valence-corrected chi connectivity index (χ0v) is 15.7. The third kappa shape index (κ3) is 4.37. The van der Waals surface area contributed by atoms with Crippen molar-refractivity contribution < 1.29 is 9.13 Å². The summed E-state index contributed by atoms with van der Waals surface area (Å²) < 4.78 is 18.6. The SMILES string of the molecule is Cc1cc(Nc2ccc(F)cc2)nc(Nc2ccccc2N2CCOCC2)n1. The number of benzene rings is 2. The molecule has 0 saturated carbocycles. The van der Waals surface area contributed by atoms with E-state index in [1.54, 1.807) is 12.1 Å². The van der Waals surface area contributed by atoms with Gasteiger partial charge in [-0.25, -0.2) is 9.37 Å². The molecule has 0 spiro atoms. The lowest BCUT2D eigenvalue weighted by atomic mass is 10.2. The second kappa shape index (κ2) is 8.22. The van der Waals surface area contributed by atoms with Gasteiger partial charge in [-0.1, -0.05) is 12.1 Å². The van der Waals surface area contributed by atoms with Crippen LogP contribution in [0.5, 0.6) is 0 Å². The monoisotopic (exact) mass is 379 g/mol. The molecule has 1 saturated heterocycles. The van der Waals surface area contributed by atoms with Gasteiger partial charge in [-0.05, 0) is 43.3 Å². The van der Waals surface area contributed by atoms with Crippen LogP contribution in [0.25, 0.3) is 0 Å². The number of hydrogen-bond donors (Lipinski definition) is 2. The van der Waals surface area contributed by atoms with Crippen LogP contribution >= 0.6 is 0 Å². The lowest BCUT2D eigenvalue weighted by molar-refractivity contribution is 0.123. The predicted octanol–water partition coefficient (Wildman–Crippen LogP) is 4.25. The topological polar surface area (TPSA) is 62.3 Å². The van der Waals surface area contributed by atoms with Crippen molar-refractivity contribution in [2.45, 2.75) is 6.92 Å². The minimum Gasteiger partial charge on any atom is -0.378 e. The summed E-state index contributed by atoms with van der Waals surface area (Å²) in [5.74, 6) is 0.877. The van der Waals surface area contributed by atoms with E-state index in [0.717, 1.165) is 49.1 Å². The minimum atomic E-state index is -0.272. The molecule has 1 aliphatic rings. The lowest BCUT2D eigenvalue weighted by Crippen LogP contribution is -2.36. The molecule has 0 aliphatic carbocycles. The second-order valence-corrected chi connectivity index (χ2v) is 6.59. The van der Waals surface area contributed by atoms with Gasteiger partial charge < -0.3 is 20.3 Å². The number of halogens is 1. The van der Waals surface area contributed by atoms with E-state index in [-0.39, 0.29) is 5.82 Å². The predicted molar refractivity (Wildman–Crippen MR) is 109 cm³/mol. The molecular weight excluding hydrogens is 357 g/mol. The lowest BCUT2D eigenvalue weighted by Gasteiger charge is -2.30. The molecule has 28 heavy (non-hydrogen) atoms. The highest BCUT2D eigenvalue weighted by Gasteiger charge is 2.15. The molecule has 144 valence electrons. The van der Waals surface area contributed by atoms with Gasteiger partial charge in [0.15, 0.2) is 0 Å². The van der Waals surface area contributed by atoms with E-state index in [1.165, 1.54) is 12.1 Å². The van der Waals surface area contributed by atoms with Gasteiger partial charge in [0.05, 0.1) is 24.6 Å². The molecule has 6 nitrogen and oxygen atoms in total. The Labute approximate surface area is 163 Å². The van der Waals surface area contributed by atoms with Crippen LogP contribution in [0.3, 0.4) is 0 Å². The first kappa shape index (κ1) is 18.2. The van der Waals surface area contributed by atoms with E-state index in [0.29, 0.717) is 11.8 Å². The number of rotatable bonds is 5. The molecule has 0 bridgehead atoms. The summed E-state index contributed by atoms with van der Waals surface area (Å²) in [6, 6.07) is 16.1. The van der Waals surface area contributed by atoms with Crippen molar-refractivity contribution in [3.8, 4) is 0 Å². The quantitative estimate of drug-likeness (QED) is 0.691. The third-order valence-corrected chi connectivity index (χ3v) is 4.47. The fraction of sp³-hybridized carbons (Fsp3) is 0.238. The van der Waals surface area contributed by atoms with Crippen molar-refractivity contribution in [1.29, 1.82) is 0 Å². The molecule has 0 amide bonds. The van der Waals surface area contributed by atoms with Crippen LogP contribution in [-0.4, -0.2) is 36.3 Å². The summed E-state index contributed by atoms with van der Waals surface area (Å²) in [4.78, 5) is 11.4. The fourth-order valence-corrected chi connectivity index (χ4v) is 3.15. The van der Waals surface area contributed by atoms with Crippen molar-refractivity contribution in [3.63, 3.8) is 0 Å². The first-order valence-corrected chi connectivity index (χ1v) is 9.24. The molecule has 1 aliphatic heterocycles. The Morgan fingerprint density at radius 1 is 0.964 bits per heavy atom. The number of aromatic nitrogens is 2. The van der Waals surface area contributed by atoms with Crippen molar-refractivity contribution >= 4 is 28.8 Å². The highest BCUT2D eigenvalue weighted by Crippen LogP contribution is 2.29. The summed E-state index contributed by atoms with van der Waals surface area (Å²) in [7, 11) is 0. The largest absolute Gasteiger partial charge is 0.378 e. The maximum Gasteiger partial charge on any atom is 0.229 e. The van der Waals surface area contributed by atoms with E-state index >= 15 is 0 Å². The van der Waals surface area contributed by atoms with Gasteiger partial charge in [0.25, 0.3) is 0 Å². The fourth-order valence-electron chi connectivity index (χ4n) is 3.15. The smallest absolute Gasteiger partial charge is 0.229 e. The summed E-state index contributed by atoms with van der Waals surface area (Å²) in [5, 5.41) is 6.53. The van der Waals surface area contributed by atoms with Gasteiger partial charge in [-0.3, -0.25) is 0 Å². The van der Waals surface area contributed by atoms with E-state index < -0.39 is 0 Å². The Morgan fingerprint density at radius 2 is 1.71 bits per heavy atom. The Morgan fingerprint density at radius 3 is 2.50 bits per heavy atom. The summed E-state index contributed by atoms with van der Waals surface area (Å²) in [6.07, 6.45) is 0. The number of nitrogens with zero attached hydrogens (tertiary/aromatic N) is 3. The van der Waals surface area contributed by atoms with Gasteiger partial charge in [-0.2, -0.15) is 4.98 Å². The average molecular weight is 379 g/mol. The van der Waals surface area contributed by atoms with Crippen molar-refractivity contribution in [3.05, 3.63) is 66.1 Å². The van der Waals surface area contributed by atoms with Crippen molar-refractivity contribution in [2.75, 3.05) is 41.8 Å². The van der Waals surface area contributed by atoms with Crippen LogP contribution in [0.2, 0.25) is 0 Å². The van der Waals surface area contributed by atoms with E-state index in [4.69, 9.17) is 4.74 Å². The first-order chi connectivity index (χ1) is 13.7. The molecule has 0 unspecified atom stereocenters. The van der Waals surface area contributed by atoms with E-state index in [9.17, 15) is 4.39 Å². The van der Waals surface area contributed by atoms with Gasteiger partial charge in [-0.15, -0.1) is 0 Å². The summed E-state index contributed by atoms with van der Waals surface area (Å²) in [6.45, 7) is 5.06. The number of morpholine rings is 1. The molecule has 1 aromatic heterocycles. The molecule has 4 rings (SSSR count). The molecule has 0 radical (unpaired) electrons. The second-order valence-electron chi connectivity index (χ2n) is 6.59. The standard InChI is InChI=1S/C21H22FN5O/c1-15-14-20(24-17-8-6-16(22)7-9-17)26-21(23-15)25-18-4-2-3-5-19(18)27-10-12-28-13-11-27/h2-9,14H,10-13H2,1H3,(H2,23,24,25,26). The molecule has 7 heteroatoms. The molecule has 2 N–H and O–H groups in total. The number of hydrogen-bond acceptors (Lipinski definition) is 6. The van der Waals surface area contributed by atoms with E-state index in [2.05, 4.69) is 31.6 Å². The van der Waals surface area contributed by atoms with Crippen LogP contribution in [0, 0.1) is 12.7 Å². The minimum absolute atomic E-state index is 0.272. The van der Waals surface area contributed by atoms with Crippen LogP contribution in [0.15, 0.2) is 54.6 Å². The zero-order chi connectivity index (χ0) is 19.3. The Balaban J connectivity index is 1.57. The normalized spacial score (nSPS) is 14.0. The summed E-state index contributed by atoms with van der Waals surface area (Å²) in [5.41, 5.74) is 3.64. The maximum absolute atomic E-state index is 13.1. The molecule has 2 aromatic carbocycles. The van der Waals surface area contributed by atoms with Crippen LogP contribution in [-0.2, 0) is 4.74 Å². The van der Waals surface area contributed by atoms with Gasteiger partial charge in [0.2, 0.25) is 5.95 Å². The highest BCUT2D eigenvalue weighted by molar-refractivity contribution is 5.74. The van der Waals surface area contributed by atoms with Gasteiger partial charge >= 0.3 is 0 Å². The Kier molecular flexibility index (Phi) is 5.34. The number of anilines is 5. The Hall–Kier alpha value is -3.19. The maximum atomic E-state index is 13.1. The first-order valence-electron chi connectivity index (χ1n) is 9.24. The van der Waals surface area contributed by atoms with Crippen LogP contribution in [0.4, 0.5) is 33.2 Å².